The van der Waals surface area contributed by atoms with E-state index in [4.69, 9.17) is 0 Å². The molecule has 4 rings (SSSR count). The van der Waals surface area contributed by atoms with Gasteiger partial charge in [0, 0.05) is 31.6 Å². The van der Waals surface area contributed by atoms with Crippen LogP contribution in [0.1, 0.15) is 23.2 Å². The normalized spacial score (nSPS) is 13.2. The van der Waals surface area contributed by atoms with E-state index < -0.39 is 10.0 Å². The minimum Gasteiger partial charge on any atom is -0.324 e. The summed E-state index contributed by atoms with van der Waals surface area (Å²) in [6.45, 7) is 0. The average molecular weight is 453 g/mol. The van der Waals surface area contributed by atoms with Crippen LogP contribution in [0.2, 0.25) is 0 Å². The molecular formula is C22H24N6O3S. The first-order valence-corrected chi connectivity index (χ1v) is 12.0. The molecule has 0 atom stereocenters. The third-order valence-electron chi connectivity index (χ3n) is 5.31. The summed E-state index contributed by atoms with van der Waals surface area (Å²) in [5, 5.41) is 6.13. The van der Waals surface area contributed by atoms with Gasteiger partial charge in [0.25, 0.3) is 0 Å². The molecular weight excluding hydrogens is 428 g/mol. The van der Waals surface area contributed by atoms with Crippen molar-refractivity contribution in [1.82, 2.24) is 15.0 Å². The fourth-order valence-corrected chi connectivity index (χ4v) is 4.03. The molecule has 2 aromatic heterocycles. The molecule has 0 fully saturated rings. The van der Waals surface area contributed by atoms with Crippen molar-refractivity contribution in [2.45, 2.75) is 25.7 Å². The zero-order valence-electron chi connectivity index (χ0n) is 17.9. The molecule has 1 aliphatic heterocycles. The largest absolute Gasteiger partial charge is 0.324 e. The second kappa shape index (κ2) is 8.91. The van der Waals surface area contributed by atoms with Crippen LogP contribution in [0.5, 0.6) is 0 Å². The number of carbonyl (C=O) groups excluding carboxylic acids is 1. The van der Waals surface area contributed by atoms with E-state index in [0.717, 1.165) is 34.5 Å². The van der Waals surface area contributed by atoms with E-state index in [1.54, 1.807) is 18.5 Å². The van der Waals surface area contributed by atoms with Crippen molar-refractivity contribution in [2.75, 3.05) is 28.2 Å². The van der Waals surface area contributed by atoms with Crippen LogP contribution < -0.4 is 14.9 Å². The van der Waals surface area contributed by atoms with Gasteiger partial charge in [-0.05, 0) is 48.6 Å². The second-order valence-electron chi connectivity index (χ2n) is 7.60. The SMILES string of the molecule is CN(c1ncccc1CCc1ccnc(Nc2cccc3c2NC(=O)CC3)n1)S(C)(=O)=O. The Kier molecular flexibility index (Phi) is 6.04. The third-order valence-corrected chi connectivity index (χ3v) is 6.48. The quantitative estimate of drug-likeness (QED) is 0.566. The zero-order valence-corrected chi connectivity index (χ0v) is 18.7. The number of aromatic nitrogens is 3. The summed E-state index contributed by atoms with van der Waals surface area (Å²) >= 11 is 0. The number of sulfonamides is 1. The van der Waals surface area contributed by atoms with Crippen LogP contribution >= 0.6 is 0 Å². The molecule has 0 unspecified atom stereocenters. The van der Waals surface area contributed by atoms with Gasteiger partial charge in [0.1, 0.15) is 5.82 Å². The number of nitrogens with one attached hydrogen (secondary N) is 2. The van der Waals surface area contributed by atoms with Crippen LogP contribution in [0.15, 0.2) is 48.8 Å². The van der Waals surface area contributed by atoms with E-state index in [0.29, 0.717) is 37.4 Å². The fourth-order valence-electron chi connectivity index (χ4n) is 3.56. The van der Waals surface area contributed by atoms with Crippen molar-refractivity contribution in [3.63, 3.8) is 0 Å². The predicted molar refractivity (Wildman–Crippen MR) is 124 cm³/mol. The Labute approximate surface area is 187 Å². The number of para-hydroxylation sites is 1. The molecule has 0 aliphatic carbocycles. The van der Waals surface area contributed by atoms with E-state index >= 15 is 0 Å². The first kappa shape index (κ1) is 21.7. The number of aryl methyl sites for hydroxylation is 3. The van der Waals surface area contributed by atoms with Gasteiger partial charge < -0.3 is 10.6 Å². The fraction of sp³-hybridized carbons (Fsp3) is 0.273. The van der Waals surface area contributed by atoms with E-state index in [1.807, 2.05) is 30.3 Å². The lowest BCUT2D eigenvalue weighted by molar-refractivity contribution is -0.116. The Morgan fingerprint density at radius 1 is 1.06 bits per heavy atom. The maximum atomic E-state index is 11.9. The summed E-state index contributed by atoms with van der Waals surface area (Å²) < 4.78 is 25.0. The standard InChI is InChI=1S/C22H24N6O3S/c1-28(32(2,30)31)21-16(6-4-13-23-21)8-10-17-12-14-24-22(25-17)26-18-7-3-5-15-9-11-19(29)27-20(15)18/h3-7,12-14H,8-11H2,1-2H3,(H,27,29)(H,24,25,26). The number of hydrogen-bond donors (Lipinski definition) is 2. The van der Waals surface area contributed by atoms with Crippen molar-refractivity contribution in [3.8, 4) is 0 Å². The predicted octanol–water partition coefficient (Wildman–Crippen LogP) is 2.68. The molecule has 10 heteroatoms. The Hall–Kier alpha value is -3.53. The second-order valence-corrected chi connectivity index (χ2v) is 9.61. The van der Waals surface area contributed by atoms with Gasteiger partial charge in [0.15, 0.2) is 0 Å². The molecule has 0 spiro atoms. The summed E-state index contributed by atoms with van der Waals surface area (Å²) in [5.74, 6) is 0.831. The third kappa shape index (κ3) is 4.86. The van der Waals surface area contributed by atoms with E-state index in [1.165, 1.54) is 11.4 Å². The first-order valence-electron chi connectivity index (χ1n) is 10.2. The number of anilines is 4. The summed E-state index contributed by atoms with van der Waals surface area (Å²) in [4.78, 5) is 25.0. The highest BCUT2D eigenvalue weighted by Crippen LogP contribution is 2.32. The molecule has 32 heavy (non-hydrogen) atoms. The number of nitrogens with zero attached hydrogens (tertiary/aromatic N) is 4. The van der Waals surface area contributed by atoms with Crippen molar-refractivity contribution < 1.29 is 13.2 Å². The van der Waals surface area contributed by atoms with Gasteiger partial charge in [-0.25, -0.2) is 23.4 Å². The van der Waals surface area contributed by atoms with E-state index in [-0.39, 0.29) is 5.91 Å². The minimum absolute atomic E-state index is 0.00671. The first-order chi connectivity index (χ1) is 15.3. The Morgan fingerprint density at radius 3 is 2.72 bits per heavy atom. The van der Waals surface area contributed by atoms with Crippen LogP contribution in [0, 0.1) is 0 Å². The topological polar surface area (TPSA) is 117 Å². The number of rotatable bonds is 7. The van der Waals surface area contributed by atoms with Gasteiger partial charge in [-0.2, -0.15) is 0 Å². The molecule has 9 nitrogen and oxygen atoms in total. The average Bonchev–Trinajstić information content (AvgIpc) is 2.77. The van der Waals surface area contributed by atoms with Gasteiger partial charge in [-0.1, -0.05) is 18.2 Å². The molecule has 1 aromatic carbocycles. The molecule has 1 aliphatic rings. The number of benzene rings is 1. The monoisotopic (exact) mass is 452 g/mol. The number of carbonyl (C=O) groups is 1. The van der Waals surface area contributed by atoms with Crippen LogP contribution in [0.4, 0.5) is 23.1 Å². The number of fused-ring (bicyclic) bond motifs is 1. The lowest BCUT2D eigenvalue weighted by atomic mass is 10.0. The Bertz CT molecular complexity index is 1260. The van der Waals surface area contributed by atoms with Crippen LogP contribution in [0.3, 0.4) is 0 Å². The van der Waals surface area contributed by atoms with Crippen LogP contribution in [0.25, 0.3) is 0 Å². The molecule has 3 heterocycles. The maximum Gasteiger partial charge on any atom is 0.233 e. The highest BCUT2D eigenvalue weighted by Gasteiger charge is 2.19. The minimum atomic E-state index is -3.41. The summed E-state index contributed by atoms with van der Waals surface area (Å²) in [5.41, 5.74) is 4.20. The molecule has 1 amide bonds. The lowest BCUT2D eigenvalue weighted by Crippen LogP contribution is -2.27. The van der Waals surface area contributed by atoms with E-state index in [2.05, 4.69) is 25.6 Å². The van der Waals surface area contributed by atoms with Gasteiger partial charge >= 0.3 is 0 Å². The number of pyridine rings is 1. The Morgan fingerprint density at radius 2 is 1.91 bits per heavy atom. The van der Waals surface area contributed by atoms with Crippen molar-refractivity contribution in [2.24, 2.45) is 0 Å². The highest BCUT2D eigenvalue weighted by molar-refractivity contribution is 7.92. The molecule has 166 valence electrons. The van der Waals surface area contributed by atoms with E-state index in [9.17, 15) is 13.2 Å². The van der Waals surface area contributed by atoms with Crippen molar-refractivity contribution in [3.05, 3.63) is 65.6 Å². The summed E-state index contributed by atoms with van der Waals surface area (Å²) in [6.07, 6.45) is 6.73. The van der Waals surface area contributed by atoms with Crippen LogP contribution in [-0.4, -0.2) is 42.6 Å². The maximum absolute atomic E-state index is 11.9. The molecule has 0 bridgehead atoms. The van der Waals surface area contributed by atoms with Gasteiger partial charge in [-0.3, -0.25) is 9.10 Å². The highest BCUT2D eigenvalue weighted by atomic mass is 32.2. The molecule has 0 saturated carbocycles. The number of amides is 1. The van der Waals surface area contributed by atoms with Crippen molar-refractivity contribution >= 4 is 39.1 Å². The zero-order chi connectivity index (χ0) is 22.7. The lowest BCUT2D eigenvalue weighted by Gasteiger charge is -2.20. The smallest absolute Gasteiger partial charge is 0.233 e. The molecule has 3 aromatic rings. The van der Waals surface area contributed by atoms with Gasteiger partial charge in [0.05, 0.1) is 17.6 Å². The molecule has 2 N–H and O–H groups in total. The van der Waals surface area contributed by atoms with Crippen LogP contribution in [-0.2, 0) is 34.1 Å². The molecule has 0 radical (unpaired) electrons. The number of hydrogen-bond acceptors (Lipinski definition) is 7. The summed E-state index contributed by atoms with van der Waals surface area (Å²) in [7, 11) is -1.92. The van der Waals surface area contributed by atoms with Gasteiger partial charge in [0.2, 0.25) is 21.9 Å². The van der Waals surface area contributed by atoms with Crippen molar-refractivity contribution in [1.29, 1.82) is 0 Å². The molecule has 0 saturated heterocycles. The van der Waals surface area contributed by atoms with Gasteiger partial charge in [-0.15, -0.1) is 0 Å². The summed E-state index contributed by atoms with van der Waals surface area (Å²) in [6, 6.07) is 11.3. The Balaban J connectivity index is 1.51.